The third-order valence-corrected chi connectivity index (χ3v) is 3.15. The van der Waals surface area contributed by atoms with Crippen LogP contribution in [-0.2, 0) is 14.4 Å². The minimum atomic E-state index is -0.458. The Hall–Kier alpha value is -0.870. The lowest BCUT2D eigenvalue weighted by Gasteiger charge is -2.38. The van der Waals surface area contributed by atoms with Crippen LogP contribution in [-0.4, -0.2) is 36.3 Å². The molecule has 1 aliphatic rings. The number of hydrogen-bond acceptors (Lipinski definition) is 4. The van der Waals surface area contributed by atoms with Crippen molar-refractivity contribution in [3.63, 3.8) is 0 Å². The monoisotopic (exact) mass is 255 g/mol. The maximum atomic E-state index is 11.8. The molecule has 1 heterocycles. The highest BCUT2D eigenvalue weighted by Gasteiger charge is 2.33. The SMILES string of the molecule is C=CCOC1(C)CCN(OC(=O)C(C)(C)C)CC1. The summed E-state index contributed by atoms with van der Waals surface area (Å²) in [6, 6.07) is 0. The van der Waals surface area contributed by atoms with Gasteiger partial charge in [-0.05, 0) is 40.5 Å². The third-order valence-electron chi connectivity index (χ3n) is 3.15. The van der Waals surface area contributed by atoms with Gasteiger partial charge in [0.2, 0.25) is 0 Å². The van der Waals surface area contributed by atoms with Crippen molar-refractivity contribution in [3.05, 3.63) is 12.7 Å². The number of carbonyl (C=O) groups is 1. The normalized spacial score (nSPS) is 20.4. The smallest absolute Gasteiger partial charge is 0.330 e. The number of piperidine rings is 1. The largest absolute Gasteiger partial charge is 0.371 e. The van der Waals surface area contributed by atoms with Crippen molar-refractivity contribution in [1.29, 1.82) is 0 Å². The molecule has 0 radical (unpaired) electrons. The summed E-state index contributed by atoms with van der Waals surface area (Å²) in [7, 11) is 0. The van der Waals surface area contributed by atoms with E-state index in [0.717, 1.165) is 25.9 Å². The molecule has 0 N–H and O–H groups in total. The number of nitrogens with zero attached hydrogens (tertiary/aromatic N) is 1. The Morgan fingerprint density at radius 3 is 2.39 bits per heavy atom. The molecule has 1 fully saturated rings. The van der Waals surface area contributed by atoms with E-state index >= 15 is 0 Å². The highest BCUT2D eigenvalue weighted by Crippen LogP contribution is 2.27. The van der Waals surface area contributed by atoms with E-state index in [1.54, 1.807) is 11.1 Å². The lowest BCUT2D eigenvalue weighted by atomic mass is 9.94. The second kappa shape index (κ2) is 5.85. The van der Waals surface area contributed by atoms with Crippen molar-refractivity contribution in [2.24, 2.45) is 5.41 Å². The van der Waals surface area contributed by atoms with Crippen LogP contribution in [0.3, 0.4) is 0 Å². The van der Waals surface area contributed by atoms with Gasteiger partial charge in [0.15, 0.2) is 0 Å². The van der Waals surface area contributed by atoms with Crippen LogP contribution in [0.15, 0.2) is 12.7 Å². The van der Waals surface area contributed by atoms with Gasteiger partial charge >= 0.3 is 5.97 Å². The van der Waals surface area contributed by atoms with E-state index in [1.165, 1.54) is 0 Å². The summed E-state index contributed by atoms with van der Waals surface area (Å²) in [5.74, 6) is -0.182. The number of carbonyl (C=O) groups excluding carboxylic acids is 1. The summed E-state index contributed by atoms with van der Waals surface area (Å²) >= 11 is 0. The van der Waals surface area contributed by atoms with Crippen LogP contribution in [0, 0.1) is 5.41 Å². The second-order valence-electron chi connectivity index (χ2n) is 6.11. The summed E-state index contributed by atoms with van der Waals surface area (Å²) in [5, 5.41) is 1.74. The summed E-state index contributed by atoms with van der Waals surface area (Å²) in [6.45, 7) is 13.3. The lowest BCUT2D eigenvalue weighted by molar-refractivity contribution is -0.215. The van der Waals surface area contributed by atoms with E-state index in [4.69, 9.17) is 9.57 Å². The van der Waals surface area contributed by atoms with Crippen molar-refractivity contribution in [1.82, 2.24) is 5.06 Å². The van der Waals surface area contributed by atoms with Crippen LogP contribution in [0.4, 0.5) is 0 Å². The molecule has 4 heteroatoms. The molecule has 0 saturated carbocycles. The number of rotatable bonds is 4. The number of hydrogen-bond donors (Lipinski definition) is 0. The molecular formula is C14H25NO3. The van der Waals surface area contributed by atoms with Gasteiger partial charge in [0, 0.05) is 13.1 Å². The lowest BCUT2D eigenvalue weighted by Crippen LogP contribution is -2.46. The van der Waals surface area contributed by atoms with Crippen molar-refractivity contribution < 1.29 is 14.4 Å². The summed E-state index contributed by atoms with van der Waals surface area (Å²) < 4.78 is 5.75. The molecule has 0 spiro atoms. The molecule has 1 saturated heterocycles. The fourth-order valence-corrected chi connectivity index (χ4v) is 1.71. The van der Waals surface area contributed by atoms with E-state index < -0.39 is 5.41 Å². The van der Waals surface area contributed by atoms with Crippen molar-refractivity contribution in [3.8, 4) is 0 Å². The first-order valence-electron chi connectivity index (χ1n) is 6.49. The molecule has 4 nitrogen and oxygen atoms in total. The molecule has 0 atom stereocenters. The van der Waals surface area contributed by atoms with E-state index in [9.17, 15) is 4.79 Å². The van der Waals surface area contributed by atoms with Gasteiger partial charge in [-0.2, -0.15) is 0 Å². The van der Waals surface area contributed by atoms with Crippen molar-refractivity contribution in [2.45, 2.75) is 46.1 Å². The van der Waals surface area contributed by atoms with Gasteiger partial charge in [-0.15, -0.1) is 11.6 Å². The Morgan fingerprint density at radius 2 is 1.94 bits per heavy atom. The van der Waals surface area contributed by atoms with E-state index in [1.807, 2.05) is 20.8 Å². The van der Waals surface area contributed by atoms with Gasteiger partial charge in [-0.1, -0.05) is 6.08 Å². The maximum absolute atomic E-state index is 11.8. The Kier molecular flexibility index (Phi) is 4.93. The molecule has 0 amide bonds. The Morgan fingerprint density at radius 1 is 1.39 bits per heavy atom. The van der Waals surface area contributed by atoms with Crippen LogP contribution >= 0.6 is 0 Å². The second-order valence-corrected chi connectivity index (χ2v) is 6.11. The van der Waals surface area contributed by atoms with Crippen LogP contribution < -0.4 is 0 Å². The first-order chi connectivity index (χ1) is 8.27. The minimum Gasteiger partial charge on any atom is -0.371 e. The van der Waals surface area contributed by atoms with Crippen molar-refractivity contribution >= 4 is 5.97 Å². The van der Waals surface area contributed by atoms with Crippen LogP contribution in [0.25, 0.3) is 0 Å². The van der Waals surface area contributed by atoms with Gasteiger partial charge < -0.3 is 9.57 Å². The predicted molar refractivity (Wildman–Crippen MR) is 70.9 cm³/mol. The molecule has 18 heavy (non-hydrogen) atoms. The molecule has 0 unspecified atom stereocenters. The van der Waals surface area contributed by atoms with Gasteiger partial charge in [0.1, 0.15) is 0 Å². The van der Waals surface area contributed by atoms with Gasteiger partial charge in [0.25, 0.3) is 0 Å². The molecule has 0 bridgehead atoms. The maximum Gasteiger partial charge on any atom is 0.330 e. The third kappa shape index (κ3) is 4.42. The Bertz CT molecular complexity index is 299. The minimum absolute atomic E-state index is 0.126. The quantitative estimate of drug-likeness (QED) is 0.724. The van der Waals surface area contributed by atoms with Gasteiger partial charge in [0.05, 0.1) is 17.6 Å². The average molecular weight is 255 g/mol. The topological polar surface area (TPSA) is 38.8 Å². The van der Waals surface area contributed by atoms with E-state index in [2.05, 4.69) is 13.5 Å². The number of hydroxylamine groups is 2. The zero-order chi connectivity index (χ0) is 13.8. The zero-order valence-electron chi connectivity index (χ0n) is 12.0. The highest BCUT2D eigenvalue weighted by molar-refractivity contribution is 5.75. The predicted octanol–water partition coefficient (Wildman–Crippen LogP) is 2.55. The fourth-order valence-electron chi connectivity index (χ4n) is 1.71. The average Bonchev–Trinajstić information content (AvgIpc) is 2.29. The van der Waals surface area contributed by atoms with Crippen LogP contribution in [0.1, 0.15) is 40.5 Å². The summed E-state index contributed by atoms with van der Waals surface area (Å²) in [5.41, 5.74) is -0.584. The molecule has 0 aromatic heterocycles. The zero-order valence-corrected chi connectivity index (χ0v) is 12.0. The van der Waals surface area contributed by atoms with E-state index in [0.29, 0.717) is 6.61 Å². The highest BCUT2D eigenvalue weighted by atomic mass is 16.7. The summed E-state index contributed by atoms with van der Waals surface area (Å²) in [4.78, 5) is 17.1. The molecule has 104 valence electrons. The Balaban J connectivity index is 2.40. The molecule has 0 aliphatic carbocycles. The van der Waals surface area contributed by atoms with Crippen LogP contribution in [0.2, 0.25) is 0 Å². The van der Waals surface area contributed by atoms with Gasteiger partial charge in [-0.3, -0.25) is 0 Å². The van der Waals surface area contributed by atoms with Gasteiger partial charge in [-0.25, -0.2) is 4.79 Å². The van der Waals surface area contributed by atoms with Crippen molar-refractivity contribution in [2.75, 3.05) is 19.7 Å². The first-order valence-corrected chi connectivity index (χ1v) is 6.49. The Labute approximate surface area is 110 Å². The molecule has 1 rings (SSSR count). The molecule has 0 aromatic carbocycles. The van der Waals surface area contributed by atoms with E-state index in [-0.39, 0.29) is 11.6 Å². The first kappa shape index (κ1) is 15.2. The molecule has 0 aromatic rings. The van der Waals surface area contributed by atoms with Crippen LogP contribution in [0.5, 0.6) is 0 Å². The standard InChI is InChI=1S/C14H25NO3/c1-6-11-17-14(5)7-9-15(10-8-14)18-12(16)13(2,3)4/h6H,1,7-11H2,2-5H3. The number of ether oxygens (including phenoxy) is 1. The fraction of sp³-hybridized carbons (Fsp3) is 0.786. The molecular weight excluding hydrogens is 230 g/mol. The summed E-state index contributed by atoms with van der Waals surface area (Å²) in [6.07, 6.45) is 3.48. The molecule has 1 aliphatic heterocycles.